The number of fused-ring (bicyclic) bond motifs is 1. The zero-order chi connectivity index (χ0) is 21.9. The van der Waals surface area contributed by atoms with Crippen LogP contribution in [0.5, 0.6) is 0 Å². The number of amides is 2. The molecule has 0 unspecified atom stereocenters. The number of halogens is 3. The van der Waals surface area contributed by atoms with Gasteiger partial charge in [0.15, 0.2) is 0 Å². The fourth-order valence-electron chi connectivity index (χ4n) is 3.35. The highest BCUT2D eigenvalue weighted by Crippen LogP contribution is 2.26. The second-order valence-corrected chi connectivity index (χ2v) is 7.12. The molecule has 0 atom stereocenters. The molecule has 0 aliphatic heterocycles. The minimum Gasteiger partial charge on any atom is -0.384 e. The monoisotopic (exact) mass is 422 g/mol. The molecule has 1 aliphatic carbocycles. The minimum atomic E-state index is -5.25. The number of alkyl halides is 3. The number of nitrogens with two attached hydrogens (primary N) is 1. The summed E-state index contributed by atoms with van der Waals surface area (Å²) in [6, 6.07) is 7.99. The van der Waals surface area contributed by atoms with Crippen LogP contribution < -0.4 is 16.1 Å². The van der Waals surface area contributed by atoms with Crippen molar-refractivity contribution in [3.8, 4) is 0 Å². The Morgan fingerprint density at radius 2 is 1.70 bits per heavy atom. The topological polar surface area (TPSA) is 109 Å². The van der Waals surface area contributed by atoms with Crippen molar-refractivity contribution < 1.29 is 27.6 Å². The van der Waals surface area contributed by atoms with Crippen molar-refractivity contribution in [1.29, 1.82) is 5.41 Å². The van der Waals surface area contributed by atoms with E-state index in [1.165, 1.54) is 12.1 Å². The molecule has 2 aromatic rings. The Kier molecular flexibility index (Phi) is 6.14. The summed E-state index contributed by atoms with van der Waals surface area (Å²) in [5.41, 5.74) is 5.90. The molecule has 0 spiro atoms. The summed E-state index contributed by atoms with van der Waals surface area (Å²) in [7, 11) is 0. The number of benzene rings is 2. The zero-order valence-corrected chi connectivity index (χ0v) is 16.0. The molecule has 1 aliphatic rings. The van der Waals surface area contributed by atoms with Crippen molar-refractivity contribution in [2.24, 2.45) is 5.73 Å². The van der Waals surface area contributed by atoms with Crippen LogP contribution in [0.3, 0.4) is 0 Å². The number of carbonyl (C=O) groups is 2. The molecule has 160 valence electrons. The van der Waals surface area contributed by atoms with Crippen LogP contribution in [0.15, 0.2) is 36.4 Å². The molecule has 7 nitrogen and oxygen atoms in total. The Labute approximate surface area is 170 Å². The van der Waals surface area contributed by atoms with Crippen molar-refractivity contribution in [1.82, 2.24) is 5.32 Å². The molecule has 2 amide bonds. The van der Waals surface area contributed by atoms with Crippen LogP contribution in [-0.2, 0) is 9.63 Å². The fraction of sp³-hybridized carbons (Fsp3) is 0.350. The minimum absolute atomic E-state index is 0.0380. The van der Waals surface area contributed by atoms with Crippen molar-refractivity contribution in [3.05, 3.63) is 42.0 Å². The SMILES string of the molecule is N=C(N)c1ccc2cc(N(OC(=O)C(F)(F)F)C(=O)NC3CCCCC3)ccc2c1. The predicted molar refractivity (Wildman–Crippen MR) is 105 cm³/mol. The third kappa shape index (κ3) is 5.00. The second kappa shape index (κ2) is 8.60. The maximum atomic E-state index is 12.8. The first-order valence-electron chi connectivity index (χ1n) is 9.43. The lowest BCUT2D eigenvalue weighted by molar-refractivity contribution is -0.199. The van der Waals surface area contributed by atoms with Gasteiger partial charge in [-0.3, -0.25) is 5.41 Å². The number of hydroxylamine groups is 1. The number of hydrogen-bond donors (Lipinski definition) is 3. The Balaban J connectivity index is 1.91. The second-order valence-electron chi connectivity index (χ2n) is 7.12. The van der Waals surface area contributed by atoms with Crippen LogP contribution >= 0.6 is 0 Å². The van der Waals surface area contributed by atoms with E-state index < -0.39 is 18.2 Å². The van der Waals surface area contributed by atoms with Gasteiger partial charge in [-0.1, -0.05) is 37.5 Å². The largest absolute Gasteiger partial charge is 0.493 e. The maximum absolute atomic E-state index is 12.8. The zero-order valence-electron chi connectivity index (χ0n) is 16.0. The van der Waals surface area contributed by atoms with Crippen LogP contribution in [-0.4, -0.2) is 30.1 Å². The summed E-state index contributed by atoms with van der Waals surface area (Å²) in [6.07, 6.45) is -0.997. The third-order valence-corrected chi connectivity index (χ3v) is 4.89. The molecule has 0 bridgehead atoms. The number of nitrogens with zero attached hydrogens (tertiary/aromatic N) is 1. The Hall–Kier alpha value is -3.30. The average molecular weight is 422 g/mol. The summed E-state index contributed by atoms with van der Waals surface area (Å²) in [5, 5.41) is 11.7. The molecule has 0 radical (unpaired) electrons. The standard InChI is InChI=1S/C20H21F3N4O3/c21-20(22,23)18(28)30-27(19(29)26-15-4-2-1-3-5-15)16-9-8-12-10-14(17(24)25)7-6-13(12)11-16/h6-11,15H,1-5H2,(H3,24,25)(H,26,29). The van der Waals surface area contributed by atoms with Gasteiger partial charge < -0.3 is 15.9 Å². The lowest BCUT2D eigenvalue weighted by Gasteiger charge is -2.27. The molecule has 1 fully saturated rings. The molecule has 0 heterocycles. The number of nitrogen functional groups attached to an aromatic ring is 1. The van der Waals surface area contributed by atoms with Crippen LogP contribution in [0.2, 0.25) is 0 Å². The van der Waals surface area contributed by atoms with E-state index in [1.807, 2.05) is 0 Å². The third-order valence-electron chi connectivity index (χ3n) is 4.89. The van der Waals surface area contributed by atoms with Crippen molar-refractivity contribution in [3.63, 3.8) is 0 Å². The van der Waals surface area contributed by atoms with Gasteiger partial charge in [0.25, 0.3) is 0 Å². The van der Waals surface area contributed by atoms with Crippen molar-refractivity contribution >= 4 is 34.3 Å². The number of nitrogens with one attached hydrogen (secondary N) is 2. The highest BCUT2D eigenvalue weighted by Gasteiger charge is 2.44. The number of rotatable bonds is 3. The van der Waals surface area contributed by atoms with Gasteiger partial charge in [-0.05, 0) is 41.8 Å². The number of carbonyl (C=O) groups excluding carboxylic acids is 2. The Morgan fingerprint density at radius 3 is 2.33 bits per heavy atom. The average Bonchev–Trinajstić information content (AvgIpc) is 2.70. The first kappa shape index (κ1) is 21.4. The first-order valence-corrected chi connectivity index (χ1v) is 9.43. The van der Waals surface area contributed by atoms with Gasteiger partial charge in [0.05, 0.1) is 5.69 Å². The van der Waals surface area contributed by atoms with Gasteiger partial charge in [-0.2, -0.15) is 13.2 Å². The van der Waals surface area contributed by atoms with Gasteiger partial charge >= 0.3 is 18.2 Å². The number of amidine groups is 1. The van der Waals surface area contributed by atoms with Crippen molar-refractivity contribution in [2.75, 3.05) is 5.06 Å². The fourth-order valence-corrected chi connectivity index (χ4v) is 3.35. The quantitative estimate of drug-likeness (QED) is 0.395. The summed E-state index contributed by atoms with van der Waals surface area (Å²) in [4.78, 5) is 28.5. The van der Waals surface area contributed by atoms with Gasteiger partial charge in [0.1, 0.15) is 5.84 Å². The Morgan fingerprint density at radius 1 is 1.07 bits per heavy atom. The van der Waals surface area contributed by atoms with E-state index in [4.69, 9.17) is 11.1 Å². The lowest BCUT2D eigenvalue weighted by atomic mass is 9.96. The van der Waals surface area contributed by atoms with Crippen LogP contribution in [0, 0.1) is 5.41 Å². The van der Waals surface area contributed by atoms with Gasteiger partial charge in [0.2, 0.25) is 0 Å². The molecule has 3 rings (SSSR count). The van der Waals surface area contributed by atoms with E-state index in [9.17, 15) is 22.8 Å². The summed E-state index contributed by atoms with van der Waals surface area (Å²) in [5.74, 6) is -2.62. The maximum Gasteiger partial charge on any atom is 0.493 e. The molecule has 2 aromatic carbocycles. The van der Waals surface area contributed by atoms with Gasteiger partial charge in [-0.15, -0.1) is 5.06 Å². The molecule has 0 aromatic heterocycles. The van der Waals surface area contributed by atoms with E-state index in [-0.39, 0.29) is 17.6 Å². The molecule has 30 heavy (non-hydrogen) atoms. The molecule has 10 heteroatoms. The van der Waals surface area contributed by atoms with E-state index >= 15 is 0 Å². The van der Waals surface area contributed by atoms with E-state index in [0.29, 0.717) is 34.2 Å². The highest BCUT2D eigenvalue weighted by molar-refractivity contribution is 6.01. The van der Waals surface area contributed by atoms with Gasteiger partial charge in [0, 0.05) is 11.6 Å². The Bertz CT molecular complexity index is 971. The highest BCUT2D eigenvalue weighted by atomic mass is 19.4. The smallest absolute Gasteiger partial charge is 0.384 e. The predicted octanol–water partition coefficient (Wildman–Crippen LogP) is 3.99. The van der Waals surface area contributed by atoms with E-state index in [1.54, 1.807) is 24.3 Å². The summed E-state index contributed by atoms with van der Waals surface area (Å²) in [6.45, 7) is 0. The molecule has 4 N–H and O–H groups in total. The summed E-state index contributed by atoms with van der Waals surface area (Å²) >= 11 is 0. The molecular formula is C20H21F3N4O3. The van der Waals surface area contributed by atoms with Crippen molar-refractivity contribution in [2.45, 2.75) is 44.3 Å². The van der Waals surface area contributed by atoms with E-state index in [2.05, 4.69) is 10.2 Å². The number of anilines is 1. The van der Waals surface area contributed by atoms with Crippen LogP contribution in [0.1, 0.15) is 37.7 Å². The lowest BCUT2D eigenvalue weighted by Crippen LogP contribution is -2.48. The van der Waals surface area contributed by atoms with E-state index in [0.717, 1.165) is 19.3 Å². The number of hydrogen-bond acceptors (Lipinski definition) is 4. The molecule has 1 saturated carbocycles. The summed E-state index contributed by atoms with van der Waals surface area (Å²) < 4.78 is 38.3. The van der Waals surface area contributed by atoms with Crippen LogP contribution in [0.25, 0.3) is 10.8 Å². The number of urea groups is 1. The molecular weight excluding hydrogens is 401 g/mol. The first-order chi connectivity index (χ1) is 14.1. The normalized spacial score (nSPS) is 14.9. The van der Waals surface area contributed by atoms with Gasteiger partial charge in [-0.25, -0.2) is 9.59 Å². The van der Waals surface area contributed by atoms with Crippen LogP contribution in [0.4, 0.5) is 23.7 Å². The molecule has 0 saturated heterocycles.